The van der Waals surface area contributed by atoms with Gasteiger partial charge in [0.2, 0.25) is 0 Å². The van der Waals surface area contributed by atoms with Crippen LogP contribution in [0, 0.1) is 11.3 Å². The minimum Gasteiger partial charge on any atom is -0.497 e. The molecule has 3 aromatic rings. The van der Waals surface area contributed by atoms with Crippen LogP contribution in [-0.2, 0) is 6.42 Å². The number of imidazole rings is 1. The number of ether oxygens (including phenoxy) is 1. The summed E-state index contributed by atoms with van der Waals surface area (Å²) < 4.78 is 19.3. The zero-order chi connectivity index (χ0) is 21.5. The minimum atomic E-state index is -0.522. The minimum absolute atomic E-state index is 0.152. The van der Waals surface area contributed by atoms with Crippen molar-refractivity contribution in [3.63, 3.8) is 0 Å². The van der Waals surface area contributed by atoms with Crippen molar-refractivity contribution in [3.8, 4) is 17.5 Å². The number of likely N-dealkylation sites (tertiary alicyclic amines) is 1. The zero-order valence-corrected chi connectivity index (χ0v) is 17.1. The van der Waals surface area contributed by atoms with E-state index in [0.29, 0.717) is 22.6 Å². The first-order chi connectivity index (χ1) is 14.5. The lowest BCUT2D eigenvalue weighted by atomic mass is 10.1. The first-order valence-corrected chi connectivity index (χ1v) is 9.72. The topological polar surface area (TPSA) is 84.0 Å². The molecule has 0 atom stereocenters. The molecule has 0 saturated carbocycles. The average molecular weight is 409 g/mol. The number of carbonyl (C=O) groups is 1. The molecule has 1 fully saturated rings. The van der Waals surface area contributed by atoms with E-state index >= 15 is 0 Å². The largest absolute Gasteiger partial charge is 0.497 e. The maximum absolute atomic E-state index is 12.3. The molecule has 0 radical (unpaired) electrons. The Morgan fingerprint density at radius 3 is 2.57 bits per heavy atom. The van der Waals surface area contributed by atoms with Crippen LogP contribution in [0.3, 0.4) is 0 Å². The number of halogens is 1. The summed E-state index contributed by atoms with van der Waals surface area (Å²) in [4.78, 5) is 21.8. The van der Waals surface area contributed by atoms with Gasteiger partial charge < -0.3 is 9.64 Å². The second kappa shape index (κ2) is 9.94. The van der Waals surface area contributed by atoms with Gasteiger partial charge >= 0.3 is 0 Å². The van der Waals surface area contributed by atoms with Gasteiger partial charge in [-0.15, -0.1) is 0 Å². The van der Waals surface area contributed by atoms with Crippen LogP contribution in [0.25, 0.3) is 16.9 Å². The van der Waals surface area contributed by atoms with Crippen LogP contribution in [0.1, 0.15) is 29.0 Å². The molecule has 0 N–H and O–H groups in total. The highest BCUT2D eigenvalue weighted by atomic mass is 19.1. The zero-order valence-electron chi connectivity index (χ0n) is 17.1. The highest BCUT2D eigenvalue weighted by Crippen LogP contribution is 2.22. The molecule has 0 aliphatic carbocycles. The molecule has 8 heteroatoms. The molecular weight excluding hydrogens is 385 g/mol. The maximum Gasteiger partial charge on any atom is 0.164 e. The van der Waals surface area contributed by atoms with E-state index in [-0.39, 0.29) is 6.42 Å². The van der Waals surface area contributed by atoms with Crippen LogP contribution < -0.4 is 4.74 Å². The maximum atomic E-state index is 12.3. The quantitative estimate of drug-likeness (QED) is 0.615. The lowest BCUT2D eigenvalue weighted by molar-refractivity contribution is 0.112. The number of aromatic nitrogens is 3. The highest BCUT2D eigenvalue weighted by molar-refractivity contribution is 5.83. The summed E-state index contributed by atoms with van der Waals surface area (Å²) in [5, 5.41) is 9.00. The van der Waals surface area contributed by atoms with Crippen molar-refractivity contribution in [2.45, 2.75) is 25.4 Å². The lowest BCUT2D eigenvalue weighted by Crippen LogP contribution is -2.30. The Balaban J connectivity index is 0.000000269. The fourth-order valence-corrected chi connectivity index (χ4v) is 3.26. The number of aldehydes is 1. The predicted molar refractivity (Wildman–Crippen MR) is 112 cm³/mol. The number of benzene rings is 1. The Kier molecular flexibility index (Phi) is 7.09. The summed E-state index contributed by atoms with van der Waals surface area (Å²) in [6.45, 7) is 1.86. The van der Waals surface area contributed by atoms with Crippen LogP contribution in [0.5, 0.6) is 5.75 Å². The van der Waals surface area contributed by atoms with Crippen LogP contribution >= 0.6 is 0 Å². The van der Waals surface area contributed by atoms with Gasteiger partial charge in [-0.25, -0.2) is 14.4 Å². The molecule has 7 nitrogen and oxygen atoms in total. The van der Waals surface area contributed by atoms with Crippen LogP contribution in [0.2, 0.25) is 0 Å². The Morgan fingerprint density at radius 2 is 2.00 bits per heavy atom. The molecule has 30 heavy (non-hydrogen) atoms. The molecule has 0 amide bonds. The van der Waals surface area contributed by atoms with Gasteiger partial charge in [0.1, 0.15) is 23.3 Å². The Labute approximate surface area is 174 Å². The molecule has 3 heterocycles. The van der Waals surface area contributed by atoms with Crippen molar-refractivity contribution in [3.05, 3.63) is 47.9 Å². The number of hydrogen-bond acceptors (Lipinski definition) is 6. The summed E-state index contributed by atoms with van der Waals surface area (Å²) in [5.74, 6) is 1.32. The normalized spacial score (nSPS) is 14.6. The van der Waals surface area contributed by atoms with E-state index in [0.717, 1.165) is 43.7 Å². The van der Waals surface area contributed by atoms with Crippen molar-refractivity contribution < 1.29 is 13.9 Å². The summed E-state index contributed by atoms with van der Waals surface area (Å²) >= 11 is 0. The van der Waals surface area contributed by atoms with E-state index in [4.69, 9.17) is 10.00 Å². The molecule has 156 valence electrons. The van der Waals surface area contributed by atoms with E-state index < -0.39 is 6.17 Å². The SMILES string of the molecule is CN1CCC(F)CC1.COc1ccc(-n2c(CC#N)nc3cc(C=O)cnc32)cc1. The average Bonchev–Trinajstić information content (AvgIpc) is 3.13. The van der Waals surface area contributed by atoms with Crippen LogP contribution in [0.15, 0.2) is 36.5 Å². The third-order valence-electron chi connectivity index (χ3n) is 4.94. The summed E-state index contributed by atoms with van der Waals surface area (Å²) in [7, 11) is 3.64. The predicted octanol–water partition coefficient (Wildman–Crippen LogP) is 3.36. The van der Waals surface area contributed by atoms with Gasteiger partial charge in [-0.1, -0.05) is 0 Å². The van der Waals surface area contributed by atoms with E-state index in [1.807, 2.05) is 35.9 Å². The number of alkyl halides is 1. The number of piperidine rings is 1. The number of nitriles is 1. The number of nitrogens with zero attached hydrogens (tertiary/aromatic N) is 5. The van der Waals surface area contributed by atoms with E-state index in [9.17, 15) is 9.18 Å². The molecule has 2 aromatic heterocycles. The summed E-state index contributed by atoms with van der Waals surface area (Å²) in [6, 6.07) is 11.2. The number of rotatable bonds is 4. The monoisotopic (exact) mass is 409 g/mol. The van der Waals surface area contributed by atoms with Gasteiger partial charge in [-0.2, -0.15) is 5.26 Å². The molecule has 0 bridgehead atoms. The standard InChI is InChI=1S/C16H12N4O2.C6H12FN/c1-22-13-4-2-12(3-5-13)20-15(6-7-17)19-14-8-11(10-21)9-18-16(14)20;1-8-4-2-6(7)3-5-8/h2-5,8-10H,6H2,1H3;6H,2-5H2,1H3. The van der Waals surface area contributed by atoms with Crippen molar-refractivity contribution in [1.82, 2.24) is 19.4 Å². The molecule has 0 unspecified atom stereocenters. The van der Waals surface area contributed by atoms with Gasteiger partial charge in [-0.3, -0.25) is 9.36 Å². The molecule has 4 rings (SSSR count). The third kappa shape index (κ3) is 4.99. The fraction of sp³-hybridized carbons (Fsp3) is 0.364. The van der Waals surface area contributed by atoms with Crippen molar-refractivity contribution in [1.29, 1.82) is 5.26 Å². The number of methoxy groups -OCH3 is 1. The van der Waals surface area contributed by atoms with Gasteiger partial charge in [0.05, 0.1) is 19.6 Å². The van der Waals surface area contributed by atoms with Gasteiger partial charge in [-0.05, 0) is 50.2 Å². The molecular formula is C22H24FN5O2. The number of hydrogen-bond donors (Lipinski definition) is 0. The van der Waals surface area contributed by atoms with Crippen molar-refractivity contribution in [2.75, 3.05) is 27.2 Å². The molecule has 1 saturated heterocycles. The number of carbonyl (C=O) groups excluding carboxylic acids is 1. The first-order valence-electron chi connectivity index (χ1n) is 9.72. The van der Waals surface area contributed by atoms with E-state index in [2.05, 4.69) is 20.9 Å². The Hall–Kier alpha value is -3.31. The molecule has 1 aliphatic heterocycles. The van der Waals surface area contributed by atoms with Gasteiger partial charge in [0.15, 0.2) is 11.9 Å². The molecule has 0 spiro atoms. The van der Waals surface area contributed by atoms with Crippen molar-refractivity contribution in [2.24, 2.45) is 0 Å². The second-order valence-corrected chi connectivity index (χ2v) is 7.10. The van der Waals surface area contributed by atoms with Crippen molar-refractivity contribution >= 4 is 17.5 Å². The first kappa shape index (κ1) is 21.4. The fourth-order valence-electron chi connectivity index (χ4n) is 3.26. The Bertz CT molecular complexity index is 1020. The molecule has 1 aromatic carbocycles. The third-order valence-corrected chi connectivity index (χ3v) is 4.94. The van der Waals surface area contributed by atoms with Crippen LogP contribution in [-0.4, -0.2) is 59.1 Å². The number of fused-ring (bicyclic) bond motifs is 1. The second-order valence-electron chi connectivity index (χ2n) is 7.10. The summed E-state index contributed by atoms with van der Waals surface area (Å²) in [5.41, 5.74) is 2.49. The van der Waals surface area contributed by atoms with E-state index in [1.54, 1.807) is 13.2 Å². The Morgan fingerprint density at radius 1 is 1.30 bits per heavy atom. The highest BCUT2D eigenvalue weighted by Gasteiger charge is 2.15. The number of pyridine rings is 1. The van der Waals surface area contributed by atoms with Crippen LogP contribution in [0.4, 0.5) is 4.39 Å². The van der Waals surface area contributed by atoms with Gasteiger partial charge in [0, 0.05) is 30.5 Å². The van der Waals surface area contributed by atoms with E-state index in [1.165, 1.54) is 6.20 Å². The smallest absolute Gasteiger partial charge is 0.164 e. The summed E-state index contributed by atoms with van der Waals surface area (Å²) in [6.07, 6.45) is 3.31. The lowest BCUT2D eigenvalue weighted by Gasteiger charge is -2.23. The van der Waals surface area contributed by atoms with Gasteiger partial charge in [0.25, 0.3) is 0 Å². The molecule has 1 aliphatic rings.